The Kier molecular flexibility index (Phi) is 18.1. The summed E-state index contributed by atoms with van der Waals surface area (Å²) in [6, 6.07) is 0. The number of carbonyl (C=O) groups is 4. The van der Waals surface area contributed by atoms with Gasteiger partial charge in [-0.3, -0.25) is 19.2 Å². The zero-order valence-electron chi connectivity index (χ0n) is 14.2. The molecular weight excluding hydrogens is 340 g/mol. The van der Waals surface area contributed by atoms with Crippen molar-refractivity contribution in [2.24, 2.45) is 0 Å². The number of hydrogen-bond acceptors (Lipinski definition) is 9. The Morgan fingerprint density at radius 3 is 1.80 bits per heavy atom. The number of ether oxygens (including phenoxy) is 5. The SMILES string of the molecule is C1CO1.COCCOC(=O)CCC(=O)OC.O=C1CCC(=O)O1.[C-]#[O+]. The molecule has 0 aliphatic carbocycles. The summed E-state index contributed by atoms with van der Waals surface area (Å²) in [7, 11) is 2.79. The molecule has 2 aliphatic heterocycles. The summed E-state index contributed by atoms with van der Waals surface area (Å²) in [5, 5.41) is 0. The van der Waals surface area contributed by atoms with Crippen molar-refractivity contribution in [1.82, 2.24) is 0 Å². The van der Waals surface area contributed by atoms with Crippen LogP contribution in [0.15, 0.2) is 0 Å². The summed E-state index contributed by atoms with van der Waals surface area (Å²) >= 11 is 0. The van der Waals surface area contributed by atoms with Crippen LogP contribution in [-0.2, 0) is 47.5 Å². The fourth-order valence-electron chi connectivity index (χ4n) is 1.05. The first kappa shape index (κ1) is 25.0. The van der Waals surface area contributed by atoms with Crippen molar-refractivity contribution in [3.8, 4) is 0 Å². The molecule has 0 spiro atoms. The molecule has 25 heavy (non-hydrogen) atoms. The molecule has 2 rings (SSSR count). The van der Waals surface area contributed by atoms with Crippen LogP contribution in [0.2, 0.25) is 0 Å². The van der Waals surface area contributed by atoms with Crippen molar-refractivity contribution in [3.05, 3.63) is 6.65 Å². The topological polar surface area (TPSA) is 138 Å². The Bertz CT molecular complexity index is 411. The zero-order valence-corrected chi connectivity index (χ0v) is 14.2. The van der Waals surface area contributed by atoms with Crippen LogP contribution >= 0.6 is 0 Å². The molecule has 0 aromatic heterocycles. The molecule has 0 atom stereocenters. The molecule has 0 aromatic rings. The van der Waals surface area contributed by atoms with E-state index in [1.54, 1.807) is 0 Å². The molecule has 2 aliphatic rings. The van der Waals surface area contributed by atoms with Crippen molar-refractivity contribution in [3.63, 3.8) is 0 Å². The number of methoxy groups -OCH3 is 2. The third-order valence-electron chi connectivity index (χ3n) is 2.28. The number of esters is 4. The molecule has 142 valence electrons. The fourth-order valence-corrected chi connectivity index (χ4v) is 1.05. The van der Waals surface area contributed by atoms with Gasteiger partial charge in [-0.2, -0.15) is 0 Å². The third kappa shape index (κ3) is 21.7. The van der Waals surface area contributed by atoms with Crippen molar-refractivity contribution in [2.75, 3.05) is 40.6 Å². The van der Waals surface area contributed by atoms with Crippen molar-refractivity contribution < 1.29 is 47.5 Å². The van der Waals surface area contributed by atoms with Crippen LogP contribution in [0.4, 0.5) is 0 Å². The fraction of sp³-hybridized carbons (Fsp3) is 0.667. The second-order valence-corrected chi connectivity index (χ2v) is 4.25. The van der Waals surface area contributed by atoms with Crippen LogP contribution in [0.25, 0.3) is 0 Å². The third-order valence-corrected chi connectivity index (χ3v) is 2.28. The zero-order chi connectivity index (χ0) is 19.5. The minimum absolute atomic E-state index is 0.0520. The standard InChI is InChI=1S/C8H14O5.C4H4O3.C2H4O.CO/c1-11-5-6-13-8(10)4-3-7(9)12-2;5-3-1-2-4(6)7-3;1-2-3-1;1-2/h3-6H2,1-2H3;1-2H2;1-2H2;. The van der Waals surface area contributed by atoms with Crippen molar-refractivity contribution in [1.29, 1.82) is 0 Å². The van der Waals surface area contributed by atoms with Crippen molar-refractivity contribution >= 4 is 23.9 Å². The van der Waals surface area contributed by atoms with Gasteiger partial charge in [0.2, 0.25) is 0 Å². The number of epoxide rings is 1. The first-order valence-corrected chi connectivity index (χ1v) is 7.22. The Hall–Kier alpha value is -2.26. The van der Waals surface area contributed by atoms with Gasteiger partial charge in [0.15, 0.2) is 0 Å². The first-order valence-electron chi connectivity index (χ1n) is 7.22. The van der Waals surface area contributed by atoms with E-state index in [0.717, 1.165) is 13.2 Å². The summed E-state index contributed by atoms with van der Waals surface area (Å²) in [4.78, 5) is 41.5. The quantitative estimate of drug-likeness (QED) is 0.121. The molecule has 10 heteroatoms. The second kappa shape index (κ2) is 18.1. The first-order chi connectivity index (χ1) is 12.0. The maximum atomic E-state index is 10.9. The molecule has 2 fully saturated rings. The van der Waals surface area contributed by atoms with Gasteiger partial charge >= 0.3 is 35.2 Å². The van der Waals surface area contributed by atoms with Gasteiger partial charge in [-0.1, -0.05) is 0 Å². The van der Waals surface area contributed by atoms with Crippen LogP contribution in [-0.4, -0.2) is 64.5 Å². The summed E-state index contributed by atoms with van der Waals surface area (Å²) in [5.41, 5.74) is 0. The van der Waals surface area contributed by atoms with Crippen LogP contribution in [0.3, 0.4) is 0 Å². The van der Waals surface area contributed by atoms with E-state index in [4.69, 9.17) is 9.39 Å². The molecule has 0 radical (unpaired) electrons. The Labute approximate surface area is 145 Å². The Morgan fingerprint density at radius 2 is 1.48 bits per heavy atom. The van der Waals surface area contributed by atoms with Gasteiger partial charge in [-0.05, 0) is 0 Å². The summed E-state index contributed by atoms with van der Waals surface area (Å²) in [5.74, 6) is -1.62. The Morgan fingerprint density at radius 1 is 1.00 bits per heavy atom. The predicted octanol–water partition coefficient (Wildman–Crippen LogP) is -0.0417. The molecule has 0 bridgehead atoms. The van der Waals surface area contributed by atoms with E-state index in [2.05, 4.69) is 25.6 Å². The van der Waals surface area contributed by atoms with Gasteiger partial charge in [-0.15, -0.1) is 0 Å². The van der Waals surface area contributed by atoms with Gasteiger partial charge in [0, 0.05) is 7.11 Å². The monoisotopic (exact) mass is 362 g/mol. The van der Waals surface area contributed by atoms with E-state index in [1.807, 2.05) is 0 Å². The number of carbonyl (C=O) groups excluding carboxylic acids is 4. The predicted molar refractivity (Wildman–Crippen MR) is 79.2 cm³/mol. The molecule has 0 aromatic carbocycles. The average Bonchev–Trinajstić information content (AvgIpc) is 3.45. The van der Waals surface area contributed by atoms with Crippen LogP contribution < -0.4 is 0 Å². The molecule has 0 saturated carbocycles. The minimum atomic E-state index is -0.414. The molecular formula is C15H22O10. The molecule has 0 unspecified atom stereocenters. The number of rotatable bonds is 6. The van der Waals surface area contributed by atoms with Gasteiger partial charge in [0.05, 0.1) is 52.6 Å². The van der Waals surface area contributed by atoms with E-state index < -0.39 is 23.9 Å². The van der Waals surface area contributed by atoms with Crippen LogP contribution in [0.5, 0.6) is 0 Å². The van der Waals surface area contributed by atoms with Crippen LogP contribution in [0, 0.1) is 6.65 Å². The van der Waals surface area contributed by atoms with Gasteiger partial charge in [0.25, 0.3) is 0 Å². The summed E-state index contributed by atoms with van der Waals surface area (Å²) < 4.78 is 29.8. The van der Waals surface area contributed by atoms with Gasteiger partial charge < -0.3 is 23.7 Å². The molecule has 0 N–H and O–H groups in total. The second-order valence-electron chi connectivity index (χ2n) is 4.25. The number of cyclic esters (lactones) is 2. The maximum absolute atomic E-state index is 10.9. The normalized spacial score (nSPS) is 13.4. The van der Waals surface area contributed by atoms with E-state index >= 15 is 0 Å². The molecule has 2 heterocycles. The summed E-state index contributed by atoms with van der Waals surface area (Å²) in [6.07, 6.45) is 0.635. The van der Waals surface area contributed by atoms with E-state index in [1.165, 1.54) is 14.2 Å². The Balaban J connectivity index is 0. The van der Waals surface area contributed by atoms with E-state index in [0.29, 0.717) is 6.61 Å². The average molecular weight is 362 g/mol. The van der Waals surface area contributed by atoms with Crippen LogP contribution in [0.1, 0.15) is 25.7 Å². The summed E-state index contributed by atoms with van der Waals surface area (Å²) in [6.45, 7) is 7.08. The van der Waals surface area contributed by atoms with Crippen molar-refractivity contribution in [2.45, 2.75) is 25.7 Å². The molecule has 0 amide bonds. The molecule has 10 nitrogen and oxygen atoms in total. The molecule has 2 saturated heterocycles. The van der Waals surface area contributed by atoms with E-state index in [9.17, 15) is 19.2 Å². The van der Waals surface area contributed by atoms with E-state index in [-0.39, 0.29) is 32.3 Å². The number of hydrogen-bond donors (Lipinski definition) is 0. The van der Waals surface area contributed by atoms with Gasteiger partial charge in [-0.25, -0.2) is 0 Å². The van der Waals surface area contributed by atoms with Gasteiger partial charge in [0.1, 0.15) is 6.61 Å².